The number of aryl methyl sites for hydroxylation is 1. The highest BCUT2D eigenvalue weighted by Crippen LogP contribution is 2.44. The average molecular weight is 475 g/mol. The first-order valence-corrected chi connectivity index (χ1v) is 12.2. The predicted octanol–water partition coefficient (Wildman–Crippen LogP) is 2.99. The lowest BCUT2D eigenvalue weighted by Gasteiger charge is -2.39. The van der Waals surface area contributed by atoms with Gasteiger partial charge in [-0.3, -0.25) is 14.5 Å². The number of esters is 1. The van der Waals surface area contributed by atoms with Crippen LogP contribution in [0.15, 0.2) is 23.4 Å². The molecule has 3 heterocycles. The number of rotatable bonds is 8. The zero-order chi connectivity index (χ0) is 23.5. The summed E-state index contributed by atoms with van der Waals surface area (Å²) in [5.41, 5.74) is 0.921. The number of likely N-dealkylation sites (tertiary alicyclic amines) is 1. The number of nitrogens with zero attached hydrogens (tertiary/aromatic N) is 4. The van der Waals surface area contributed by atoms with Crippen LogP contribution in [0.4, 0.5) is 0 Å². The van der Waals surface area contributed by atoms with Crippen LogP contribution in [-0.2, 0) is 16.0 Å². The SMILES string of the molecule is CCOC(=O)C1CCCN(C(c2ccc(OC)c(OC)c2)C2Sc3nc(CC)nn3C2=O)C1. The molecule has 1 aromatic heterocycles. The maximum atomic E-state index is 13.4. The van der Waals surface area contributed by atoms with Crippen molar-refractivity contribution in [2.24, 2.45) is 5.92 Å². The number of hydrogen-bond donors (Lipinski definition) is 0. The summed E-state index contributed by atoms with van der Waals surface area (Å²) in [7, 11) is 3.19. The maximum absolute atomic E-state index is 13.4. The molecule has 3 unspecified atom stereocenters. The molecule has 0 saturated carbocycles. The molecule has 0 spiro atoms. The molecular weight excluding hydrogens is 444 g/mol. The largest absolute Gasteiger partial charge is 0.493 e. The van der Waals surface area contributed by atoms with Crippen LogP contribution in [0, 0.1) is 5.92 Å². The molecule has 1 saturated heterocycles. The van der Waals surface area contributed by atoms with E-state index in [0.717, 1.165) is 24.9 Å². The van der Waals surface area contributed by atoms with Gasteiger partial charge in [-0.1, -0.05) is 24.8 Å². The molecule has 2 aliphatic rings. The molecule has 4 rings (SSSR count). The molecular formula is C23H30N4O5S. The number of piperidine rings is 1. The summed E-state index contributed by atoms with van der Waals surface area (Å²) in [6, 6.07) is 5.44. The lowest BCUT2D eigenvalue weighted by atomic mass is 9.93. The standard InChI is InChI=1S/C23H30N4O5S/c1-5-18-24-23-27(25-18)21(28)20(33-23)19(14-9-10-16(30-3)17(12-14)31-4)26-11-7-8-15(13-26)22(29)32-6-2/h9-10,12,15,19-20H,5-8,11,13H2,1-4H3. The molecule has 0 amide bonds. The van der Waals surface area contributed by atoms with Gasteiger partial charge in [-0.25, -0.2) is 4.98 Å². The second kappa shape index (κ2) is 10.1. The smallest absolute Gasteiger partial charge is 0.310 e. The number of fused-ring (bicyclic) bond motifs is 1. The van der Waals surface area contributed by atoms with Crippen LogP contribution in [0.5, 0.6) is 11.5 Å². The van der Waals surface area contributed by atoms with Crippen molar-refractivity contribution in [3.8, 4) is 11.5 Å². The Labute approximate surface area is 197 Å². The van der Waals surface area contributed by atoms with Crippen molar-refractivity contribution >= 4 is 23.6 Å². The first kappa shape index (κ1) is 23.6. The van der Waals surface area contributed by atoms with Gasteiger partial charge in [0.05, 0.1) is 32.8 Å². The van der Waals surface area contributed by atoms with E-state index in [9.17, 15) is 9.59 Å². The van der Waals surface area contributed by atoms with Crippen LogP contribution in [-0.4, -0.2) is 70.7 Å². The van der Waals surface area contributed by atoms with E-state index in [2.05, 4.69) is 15.0 Å². The summed E-state index contributed by atoms with van der Waals surface area (Å²) < 4.78 is 17.7. The summed E-state index contributed by atoms with van der Waals surface area (Å²) in [5, 5.41) is 4.57. The lowest BCUT2D eigenvalue weighted by Crippen LogP contribution is -2.46. The van der Waals surface area contributed by atoms with Crippen LogP contribution in [0.1, 0.15) is 48.9 Å². The molecule has 0 N–H and O–H groups in total. The van der Waals surface area contributed by atoms with Crippen molar-refractivity contribution in [1.82, 2.24) is 19.7 Å². The molecule has 1 aromatic carbocycles. The number of carbonyl (C=O) groups excluding carboxylic acids is 2. The number of ether oxygens (including phenoxy) is 3. The monoisotopic (exact) mass is 474 g/mol. The Morgan fingerprint density at radius 2 is 2.03 bits per heavy atom. The Morgan fingerprint density at radius 3 is 2.70 bits per heavy atom. The van der Waals surface area contributed by atoms with Crippen LogP contribution in [0.3, 0.4) is 0 Å². The van der Waals surface area contributed by atoms with Crippen molar-refractivity contribution in [1.29, 1.82) is 0 Å². The van der Waals surface area contributed by atoms with Gasteiger partial charge in [0.15, 0.2) is 22.5 Å². The van der Waals surface area contributed by atoms with E-state index < -0.39 is 5.25 Å². The van der Waals surface area contributed by atoms with Gasteiger partial charge >= 0.3 is 5.97 Å². The van der Waals surface area contributed by atoms with Crippen molar-refractivity contribution in [3.63, 3.8) is 0 Å². The van der Waals surface area contributed by atoms with Crippen molar-refractivity contribution in [2.75, 3.05) is 33.9 Å². The van der Waals surface area contributed by atoms with Crippen LogP contribution in [0.25, 0.3) is 0 Å². The molecule has 1 fully saturated rings. The third-order valence-corrected chi connectivity index (χ3v) is 7.31. The summed E-state index contributed by atoms with van der Waals surface area (Å²) in [5.74, 6) is 1.38. The molecule has 0 radical (unpaired) electrons. The zero-order valence-electron chi connectivity index (χ0n) is 19.4. The topological polar surface area (TPSA) is 95.8 Å². The van der Waals surface area contributed by atoms with Gasteiger partial charge in [-0.2, -0.15) is 4.68 Å². The fourth-order valence-corrected chi connectivity index (χ4v) is 5.79. The number of thioether (sulfide) groups is 1. The Bertz CT molecular complexity index is 1030. The number of aromatic nitrogens is 3. The van der Waals surface area contributed by atoms with Crippen molar-refractivity contribution < 1.29 is 23.8 Å². The second-order valence-corrected chi connectivity index (χ2v) is 9.21. The van der Waals surface area contributed by atoms with E-state index in [1.54, 1.807) is 14.2 Å². The van der Waals surface area contributed by atoms with Gasteiger partial charge in [-0.05, 0) is 44.0 Å². The highest BCUT2D eigenvalue weighted by Gasteiger charge is 2.44. The average Bonchev–Trinajstić information content (AvgIpc) is 3.38. The highest BCUT2D eigenvalue weighted by molar-refractivity contribution is 8.00. The molecule has 178 valence electrons. The molecule has 0 aliphatic carbocycles. The predicted molar refractivity (Wildman–Crippen MR) is 123 cm³/mol. The molecule has 2 aliphatic heterocycles. The zero-order valence-corrected chi connectivity index (χ0v) is 20.3. The minimum atomic E-state index is -0.440. The van der Waals surface area contributed by atoms with Crippen LogP contribution in [0.2, 0.25) is 0 Å². The molecule has 9 nitrogen and oxygen atoms in total. The van der Waals surface area contributed by atoms with Crippen LogP contribution >= 0.6 is 11.8 Å². The molecule has 2 aromatic rings. The third kappa shape index (κ3) is 4.59. The van der Waals surface area contributed by atoms with Gasteiger partial charge in [0.25, 0.3) is 5.91 Å². The maximum Gasteiger partial charge on any atom is 0.310 e. The van der Waals surface area contributed by atoms with E-state index in [0.29, 0.717) is 42.1 Å². The minimum Gasteiger partial charge on any atom is -0.493 e. The molecule has 0 bridgehead atoms. The van der Waals surface area contributed by atoms with Gasteiger partial charge < -0.3 is 14.2 Å². The summed E-state index contributed by atoms with van der Waals surface area (Å²) >= 11 is 1.43. The van der Waals surface area contributed by atoms with Crippen LogP contribution < -0.4 is 9.47 Å². The Hall–Kier alpha value is -2.59. The Kier molecular flexibility index (Phi) is 7.23. The van der Waals surface area contributed by atoms with E-state index in [1.807, 2.05) is 32.0 Å². The van der Waals surface area contributed by atoms with Gasteiger partial charge in [0, 0.05) is 13.0 Å². The highest BCUT2D eigenvalue weighted by atomic mass is 32.2. The Balaban J connectivity index is 1.69. The van der Waals surface area contributed by atoms with Crippen molar-refractivity contribution in [3.05, 3.63) is 29.6 Å². The summed E-state index contributed by atoms with van der Waals surface area (Å²) in [6.45, 7) is 5.44. The fraction of sp³-hybridized carbons (Fsp3) is 0.565. The lowest BCUT2D eigenvalue weighted by molar-refractivity contribution is -0.150. The number of benzene rings is 1. The third-order valence-electron chi connectivity index (χ3n) is 6.12. The summed E-state index contributed by atoms with van der Waals surface area (Å²) in [6.07, 6.45) is 2.30. The van der Waals surface area contributed by atoms with Crippen molar-refractivity contribution in [2.45, 2.75) is 49.6 Å². The number of hydrogen-bond acceptors (Lipinski definition) is 9. The fourth-order valence-electron chi connectivity index (χ4n) is 4.52. The van der Waals surface area contributed by atoms with Gasteiger partial charge in [0.1, 0.15) is 5.25 Å². The van der Waals surface area contributed by atoms with E-state index >= 15 is 0 Å². The van der Waals surface area contributed by atoms with E-state index in [4.69, 9.17) is 14.2 Å². The van der Waals surface area contributed by atoms with E-state index in [1.165, 1.54) is 16.4 Å². The Morgan fingerprint density at radius 1 is 1.24 bits per heavy atom. The first-order chi connectivity index (χ1) is 16.0. The summed E-state index contributed by atoms with van der Waals surface area (Å²) in [4.78, 5) is 32.7. The second-order valence-electron chi connectivity index (χ2n) is 8.10. The normalized spacial score (nSPS) is 21.5. The van der Waals surface area contributed by atoms with Gasteiger partial charge in [-0.15, -0.1) is 5.10 Å². The van der Waals surface area contributed by atoms with Gasteiger partial charge in [0.2, 0.25) is 0 Å². The molecule has 10 heteroatoms. The quantitative estimate of drug-likeness (QED) is 0.535. The molecule has 33 heavy (non-hydrogen) atoms. The number of carbonyl (C=O) groups is 2. The minimum absolute atomic E-state index is 0.0970. The molecule has 3 atom stereocenters. The number of methoxy groups -OCH3 is 2. The first-order valence-electron chi connectivity index (χ1n) is 11.3. The van der Waals surface area contributed by atoms with E-state index in [-0.39, 0.29) is 23.8 Å².